The number of nitrogens with one attached hydrogen (secondary N) is 1. The molecule has 0 unspecified atom stereocenters. The van der Waals surface area contributed by atoms with Crippen LogP contribution < -0.4 is 0 Å². The molecule has 2 heterocycles. The van der Waals surface area contributed by atoms with E-state index in [2.05, 4.69) is 20.4 Å². The average Bonchev–Trinajstić information content (AvgIpc) is 3.06. The van der Waals surface area contributed by atoms with Crippen LogP contribution in [-0.4, -0.2) is 33.0 Å². The van der Waals surface area contributed by atoms with E-state index in [1.165, 1.54) is 36.5 Å². The van der Waals surface area contributed by atoms with Gasteiger partial charge in [-0.1, -0.05) is 6.07 Å². The Morgan fingerprint density at radius 2 is 1.96 bits per heavy atom. The lowest BCUT2D eigenvalue weighted by atomic mass is 10.0. The standard InChI is InChI=1S/C16H12F2N4O2/c1-2-24-16(23)15-14(20-22-21-15)11-7-9(3-5-12(11)17)10-4-6-13(18)19-8-10/h3-8H,2H2,1H3,(H,20,21,22). The Balaban J connectivity index is 2.06. The summed E-state index contributed by atoms with van der Waals surface area (Å²) >= 11 is 0. The van der Waals surface area contributed by atoms with E-state index in [9.17, 15) is 13.6 Å². The van der Waals surface area contributed by atoms with Gasteiger partial charge in [-0.15, -0.1) is 5.10 Å². The Morgan fingerprint density at radius 3 is 2.67 bits per heavy atom. The zero-order valence-corrected chi connectivity index (χ0v) is 12.6. The van der Waals surface area contributed by atoms with Crippen LogP contribution in [0.2, 0.25) is 0 Å². The smallest absolute Gasteiger partial charge is 0.361 e. The van der Waals surface area contributed by atoms with Crippen LogP contribution in [-0.2, 0) is 4.74 Å². The van der Waals surface area contributed by atoms with Crippen LogP contribution in [0.4, 0.5) is 8.78 Å². The number of H-pyrrole nitrogens is 1. The van der Waals surface area contributed by atoms with Gasteiger partial charge >= 0.3 is 5.97 Å². The molecule has 2 aromatic heterocycles. The summed E-state index contributed by atoms with van der Waals surface area (Å²) in [6.07, 6.45) is 1.33. The van der Waals surface area contributed by atoms with Gasteiger partial charge in [0.2, 0.25) is 5.95 Å². The second-order valence-corrected chi connectivity index (χ2v) is 4.81. The maximum atomic E-state index is 14.2. The van der Waals surface area contributed by atoms with Crippen LogP contribution in [0.25, 0.3) is 22.4 Å². The highest BCUT2D eigenvalue weighted by atomic mass is 19.1. The molecule has 1 aromatic carbocycles. The molecule has 0 saturated carbocycles. The van der Waals surface area contributed by atoms with Crippen LogP contribution in [0.3, 0.4) is 0 Å². The third-order valence-electron chi connectivity index (χ3n) is 3.30. The van der Waals surface area contributed by atoms with Crippen molar-refractivity contribution in [2.45, 2.75) is 6.92 Å². The maximum Gasteiger partial charge on any atom is 0.361 e. The number of carbonyl (C=O) groups is 1. The number of hydrogen-bond donors (Lipinski definition) is 1. The number of rotatable bonds is 4. The van der Waals surface area contributed by atoms with Crippen LogP contribution in [0, 0.1) is 11.8 Å². The first-order chi connectivity index (χ1) is 11.6. The zero-order chi connectivity index (χ0) is 17.1. The minimum Gasteiger partial charge on any atom is -0.461 e. The molecule has 0 amide bonds. The van der Waals surface area contributed by atoms with Gasteiger partial charge in [-0.2, -0.15) is 14.7 Å². The molecule has 0 aliphatic heterocycles. The second-order valence-electron chi connectivity index (χ2n) is 4.81. The SMILES string of the molecule is CCOC(=O)c1n[nH]nc1-c1cc(-c2ccc(F)nc2)ccc1F. The molecule has 0 saturated heterocycles. The molecule has 24 heavy (non-hydrogen) atoms. The van der Waals surface area contributed by atoms with Crippen molar-refractivity contribution in [1.29, 1.82) is 0 Å². The summed E-state index contributed by atoms with van der Waals surface area (Å²) < 4.78 is 32.1. The van der Waals surface area contributed by atoms with Crippen molar-refractivity contribution in [3.05, 3.63) is 54.0 Å². The molecule has 3 aromatic rings. The van der Waals surface area contributed by atoms with E-state index in [1.54, 1.807) is 6.92 Å². The van der Waals surface area contributed by atoms with E-state index in [1.807, 2.05) is 0 Å². The highest BCUT2D eigenvalue weighted by Crippen LogP contribution is 2.29. The fourth-order valence-electron chi connectivity index (χ4n) is 2.19. The van der Waals surface area contributed by atoms with Crippen molar-refractivity contribution in [1.82, 2.24) is 20.4 Å². The zero-order valence-electron chi connectivity index (χ0n) is 12.6. The van der Waals surface area contributed by atoms with Gasteiger partial charge in [-0.25, -0.2) is 14.2 Å². The van der Waals surface area contributed by atoms with Gasteiger partial charge in [0.25, 0.3) is 0 Å². The Kier molecular flexibility index (Phi) is 4.28. The number of nitrogens with zero attached hydrogens (tertiary/aromatic N) is 3. The molecular formula is C16H12F2N4O2. The lowest BCUT2D eigenvalue weighted by molar-refractivity contribution is 0.0520. The molecule has 122 valence electrons. The first-order valence-corrected chi connectivity index (χ1v) is 7.10. The Labute approximate surface area is 135 Å². The van der Waals surface area contributed by atoms with E-state index in [0.29, 0.717) is 11.1 Å². The maximum absolute atomic E-state index is 14.2. The minimum atomic E-state index is -0.700. The average molecular weight is 330 g/mol. The number of benzene rings is 1. The van der Waals surface area contributed by atoms with E-state index in [-0.39, 0.29) is 23.6 Å². The van der Waals surface area contributed by atoms with Crippen molar-refractivity contribution >= 4 is 5.97 Å². The number of carbonyl (C=O) groups excluding carboxylic acids is 1. The summed E-state index contributed by atoms with van der Waals surface area (Å²) in [5.74, 6) is -1.88. The van der Waals surface area contributed by atoms with E-state index < -0.39 is 17.7 Å². The molecule has 3 rings (SSSR count). The number of esters is 1. The Hall–Kier alpha value is -3.16. The summed E-state index contributed by atoms with van der Waals surface area (Å²) in [6, 6.07) is 6.98. The van der Waals surface area contributed by atoms with Crippen LogP contribution in [0.15, 0.2) is 36.5 Å². The summed E-state index contributed by atoms with van der Waals surface area (Å²) in [5.41, 5.74) is 1.21. The van der Waals surface area contributed by atoms with Gasteiger partial charge in [-0.3, -0.25) is 0 Å². The molecule has 0 aliphatic rings. The summed E-state index contributed by atoms with van der Waals surface area (Å²) in [7, 11) is 0. The first-order valence-electron chi connectivity index (χ1n) is 7.10. The van der Waals surface area contributed by atoms with E-state index in [4.69, 9.17) is 4.74 Å². The molecule has 0 fully saturated rings. The second kappa shape index (κ2) is 6.53. The molecule has 0 bridgehead atoms. The largest absolute Gasteiger partial charge is 0.461 e. The normalized spacial score (nSPS) is 10.6. The van der Waals surface area contributed by atoms with Gasteiger partial charge in [0, 0.05) is 17.3 Å². The Morgan fingerprint density at radius 1 is 1.17 bits per heavy atom. The third kappa shape index (κ3) is 2.98. The number of hydrogen-bond acceptors (Lipinski definition) is 5. The van der Waals surface area contributed by atoms with Crippen LogP contribution in [0.5, 0.6) is 0 Å². The van der Waals surface area contributed by atoms with E-state index in [0.717, 1.165) is 0 Å². The van der Waals surface area contributed by atoms with Gasteiger partial charge in [-0.05, 0) is 36.8 Å². The molecule has 6 nitrogen and oxygen atoms in total. The quantitative estimate of drug-likeness (QED) is 0.587. The van der Waals surface area contributed by atoms with Crippen molar-refractivity contribution in [3.8, 4) is 22.4 Å². The molecule has 0 spiro atoms. The highest BCUT2D eigenvalue weighted by Gasteiger charge is 2.22. The number of aromatic amines is 1. The van der Waals surface area contributed by atoms with Crippen molar-refractivity contribution in [2.75, 3.05) is 6.61 Å². The molecule has 0 radical (unpaired) electrons. The van der Waals surface area contributed by atoms with Crippen molar-refractivity contribution in [2.24, 2.45) is 0 Å². The van der Waals surface area contributed by atoms with Gasteiger partial charge in [0.05, 0.1) is 6.61 Å². The lowest BCUT2D eigenvalue weighted by Crippen LogP contribution is -2.07. The fourth-order valence-corrected chi connectivity index (χ4v) is 2.19. The van der Waals surface area contributed by atoms with Gasteiger partial charge in [0.15, 0.2) is 5.69 Å². The predicted molar refractivity (Wildman–Crippen MR) is 80.9 cm³/mol. The van der Waals surface area contributed by atoms with Crippen LogP contribution in [0.1, 0.15) is 17.4 Å². The summed E-state index contributed by atoms with van der Waals surface area (Å²) in [5, 5.41) is 9.87. The number of halogens is 2. The fraction of sp³-hybridized carbons (Fsp3) is 0.125. The Bertz CT molecular complexity index is 878. The predicted octanol–water partition coefficient (Wildman–Crippen LogP) is 2.99. The van der Waals surface area contributed by atoms with Crippen molar-refractivity contribution in [3.63, 3.8) is 0 Å². The topological polar surface area (TPSA) is 80.8 Å². The van der Waals surface area contributed by atoms with Crippen LogP contribution >= 0.6 is 0 Å². The molecule has 8 heteroatoms. The van der Waals surface area contributed by atoms with Gasteiger partial charge in [0.1, 0.15) is 11.5 Å². The molecular weight excluding hydrogens is 318 g/mol. The highest BCUT2D eigenvalue weighted by molar-refractivity contribution is 5.94. The molecule has 0 atom stereocenters. The summed E-state index contributed by atoms with van der Waals surface area (Å²) in [6.45, 7) is 1.81. The number of ether oxygens (including phenoxy) is 1. The number of pyridine rings is 1. The molecule has 1 N–H and O–H groups in total. The van der Waals surface area contributed by atoms with Gasteiger partial charge < -0.3 is 4.74 Å². The summed E-state index contributed by atoms with van der Waals surface area (Å²) in [4.78, 5) is 15.5. The first kappa shape index (κ1) is 15.7. The number of aromatic nitrogens is 4. The minimum absolute atomic E-state index is 0.0443. The monoisotopic (exact) mass is 330 g/mol. The third-order valence-corrected chi connectivity index (χ3v) is 3.30. The lowest BCUT2D eigenvalue weighted by Gasteiger charge is -2.06. The molecule has 0 aliphatic carbocycles. The van der Waals surface area contributed by atoms with E-state index >= 15 is 0 Å². The van der Waals surface area contributed by atoms with Crippen molar-refractivity contribution < 1.29 is 18.3 Å².